The van der Waals surface area contributed by atoms with E-state index in [0.717, 1.165) is 42.5 Å². The molecule has 1 aromatic carbocycles. The van der Waals surface area contributed by atoms with Crippen LogP contribution in [0.1, 0.15) is 43.2 Å². The molecule has 1 aromatic heterocycles. The number of ether oxygens (including phenoxy) is 1. The van der Waals surface area contributed by atoms with Crippen LogP contribution < -0.4 is 5.32 Å². The maximum atomic E-state index is 13.0. The number of carbonyl (C=O) groups is 1. The van der Waals surface area contributed by atoms with Gasteiger partial charge in [0.1, 0.15) is 0 Å². The summed E-state index contributed by atoms with van der Waals surface area (Å²) >= 11 is 0. The molecule has 2 heterocycles. The average molecular weight is 367 g/mol. The third-order valence-corrected chi connectivity index (χ3v) is 5.99. The van der Waals surface area contributed by atoms with Gasteiger partial charge in [-0.05, 0) is 61.8 Å². The minimum atomic E-state index is 0.0256. The molecule has 0 spiro atoms. The van der Waals surface area contributed by atoms with Crippen molar-refractivity contribution in [2.24, 2.45) is 5.92 Å². The van der Waals surface area contributed by atoms with E-state index >= 15 is 0 Å². The van der Waals surface area contributed by atoms with Gasteiger partial charge in [0.05, 0.1) is 11.6 Å². The van der Waals surface area contributed by atoms with Crippen LogP contribution in [-0.2, 0) is 11.3 Å². The molecular weight excluding hydrogens is 338 g/mol. The normalized spacial score (nSPS) is 19.8. The Morgan fingerprint density at radius 1 is 1.22 bits per heavy atom. The number of nitrogens with zero attached hydrogens (tertiary/aromatic N) is 2. The summed E-state index contributed by atoms with van der Waals surface area (Å²) in [5.74, 6) is 0.653. The van der Waals surface area contributed by atoms with E-state index in [0.29, 0.717) is 19.0 Å². The molecule has 2 aliphatic rings. The number of pyridine rings is 1. The summed E-state index contributed by atoms with van der Waals surface area (Å²) < 4.78 is 5.78. The highest BCUT2D eigenvalue weighted by atomic mass is 16.5. The van der Waals surface area contributed by atoms with Gasteiger partial charge in [-0.25, -0.2) is 4.79 Å². The first-order valence-electron chi connectivity index (χ1n) is 10.2. The van der Waals surface area contributed by atoms with Crippen molar-refractivity contribution in [2.75, 3.05) is 19.7 Å². The molecular formula is C22H29N3O2. The highest BCUT2D eigenvalue weighted by Gasteiger charge is 2.27. The molecule has 1 unspecified atom stereocenters. The number of urea groups is 1. The molecule has 144 valence electrons. The van der Waals surface area contributed by atoms with E-state index in [-0.39, 0.29) is 12.1 Å². The number of aromatic nitrogens is 1. The average Bonchev–Trinajstić information content (AvgIpc) is 3.15. The Labute approximate surface area is 161 Å². The van der Waals surface area contributed by atoms with Crippen LogP contribution in [0.2, 0.25) is 0 Å². The monoisotopic (exact) mass is 367 g/mol. The molecule has 4 rings (SSSR count). The number of nitrogens with one attached hydrogen (secondary N) is 1. The highest BCUT2D eigenvalue weighted by Crippen LogP contribution is 2.28. The SMILES string of the molecule is Cc1ccc2ncccc2c1CNC(=O)N(CC1CCC1)CC1CCCO1. The number of hydrogen-bond donors (Lipinski definition) is 1. The van der Waals surface area contributed by atoms with E-state index < -0.39 is 0 Å². The first-order valence-corrected chi connectivity index (χ1v) is 10.2. The van der Waals surface area contributed by atoms with Crippen LogP contribution in [0.5, 0.6) is 0 Å². The minimum absolute atomic E-state index is 0.0256. The van der Waals surface area contributed by atoms with Crippen molar-refractivity contribution < 1.29 is 9.53 Å². The van der Waals surface area contributed by atoms with Gasteiger partial charge in [-0.2, -0.15) is 0 Å². The molecule has 2 fully saturated rings. The second-order valence-electron chi connectivity index (χ2n) is 7.93. The number of benzene rings is 1. The Morgan fingerprint density at radius 3 is 2.85 bits per heavy atom. The van der Waals surface area contributed by atoms with Gasteiger partial charge in [0.25, 0.3) is 0 Å². The Hall–Kier alpha value is -2.14. The first-order chi connectivity index (χ1) is 13.2. The van der Waals surface area contributed by atoms with E-state index in [1.54, 1.807) is 0 Å². The lowest BCUT2D eigenvalue weighted by Gasteiger charge is -2.33. The predicted octanol–water partition coefficient (Wildman–Crippen LogP) is 4.03. The van der Waals surface area contributed by atoms with Gasteiger partial charge in [0, 0.05) is 37.8 Å². The molecule has 1 aliphatic heterocycles. The first kappa shape index (κ1) is 18.2. The number of carbonyl (C=O) groups excluding carboxylic acids is 1. The molecule has 1 atom stereocenters. The number of amides is 2. The zero-order valence-electron chi connectivity index (χ0n) is 16.1. The molecule has 1 saturated carbocycles. The number of rotatable bonds is 6. The molecule has 0 radical (unpaired) electrons. The maximum Gasteiger partial charge on any atom is 0.317 e. The lowest BCUT2D eigenvalue weighted by atomic mass is 9.85. The second kappa shape index (κ2) is 8.26. The summed E-state index contributed by atoms with van der Waals surface area (Å²) in [5.41, 5.74) is 3.30. The summed E-state index contributed by atoms with van der Waals surface area (Å²) in [5, 5.41) is 4.28. The van der Waals surface area contributed by atoms with Crippen LogP contribution in [0.25, 0.3) is 10.9 Å². The smallest absolute Gasteiger partial charge is 0.317 e. The van der Waals surface area contributed by atoms with Gasteiger partial charge in [-0.15, -0.1) is 0 Å². The van der Waals surface area contributed by atoms with Crippen LogP contribution in [0.3, 0.4) is 0 Å². The van der Waals surface area contributed by atoms with Crippen molar-refractivity contribution in [2.45, 2.75) is 51.7 Å². The summed E-state index contributed by atoms with van der Waals surface area (Å²) in [4.78, 5) is 19.4. The van der Waals surface area contributed by atoms with Crippen LogP contribution >= 0.6 is 0 Å². The van der Waals surface area contributed by atoms with E-state index in [2.05, 4.69) is 29.4 Å². The molecule has 1 saturated heterocycles. The Kier molecular flexibility index (Phi) is 5.58. The lowest BCUT2D eigenvalue weighted by Crippen LogP contribution is -2.46. The van der Waals surface area contributed by atoms with E-state index in [9.17, 15) is 4.79 Å². The van der Waals surface area contributed by atoms with Gasteiger partial charge >= 0.3 is 6.03 Å². The number of hydrogen-bond acceptors (Lipinski definition) is 3. The summed E-state index contributed by atoms with van der Waals surface area (Å²) in [6.45, 7) is 5.00. The minimum Gasteiger partial charge on any atom is -0.376 e. The van der Waals surface area contributed by atoms with Crippen molar-refractivity contribution in [1.82, 2.24) is 15.2 Å². The molecule has 2 aromatic rings. The van der Waals surface area contributed by atoms with Crippen LogP contribution in [0.15, 0.2) is 30.5 Å². The Morgan fingerprint density at radius 2 is 2.11 bits per heavy atom. The van der Waals surface area contributed by atoms with Gasteiger partial charge < -0.3 is 15.0 Å². The van der Waals surface area contributed by atoms with Crippen molar-refractivity contribution in [3.63, 3.8) is 0 Å². The van der Waals surface area contributed by atoms with Gasteiger partial charge in [-0.1, -0.05) is 18.6 Å². The number of aryl methyl sites for hydroxylation is 1. The van der Waals surface area contributed by atoms with Crippen molar-refractivity contribution in [1.29, 1.82) is 0 Å². The fraction of sp³-hybridized carbons (Fsp3) is 0.545. The summed E-state index contributed by atoms with van der Waals surface area (Å²) in [7, 11) is 0. The number of fused-ring (bicyclic) bond motifs is 1. The largest absolute Gasteiger partial charge is 0.376 e. The summed E-state index contributed by atoms with van der Waals surface area (Å²) in [6, 6.07) is 8.17. The Balaban J connectivity index is 1.45. The predicted molar refractivity (Wildman–Crippen MR) is 107 cm³/mol. The maximum absolute atomic E-state index is 13.0. The molecule has 1 aliphatic carbocycles. The molecule has 5 nitrogen and oxygen atoms in total. The zero-order chi connectivity index (χ0) is 18.6. The third kappa shape index (κ3) is 4.24. The van der Waals surface area contributed by atoms with E-state index in [1.165, 1.54) is 24.8 Å². The second-order valence-corrected chi connectivity index (χ2v) is 7.93. The van der Waals surface area contributed by atoms with Crippen LogP contribution in [0.4, 0.5) is 4.79 Å². The van der Waals surface area contributed by atoms with Crippen molar-refractivity contribution in [3.05, 3.63) is 41.6 Å². The van der Waals surface area contributed by atoms with Crippen molar-refractivity contribution >= 4 is 16.9 Å². The molecule has 5 heteroatoms. The zero-order valence-corrected chi connectivity index (χ0v) is 16.1. The van der Waals surface area contributed by atoms with E-state index in [1.807, 2.05) is 23.2 Å². The van der Waals surface area contributed by atoms with Gasteiger partial charge in [-0.3, -0.25) is 4.98 Å². The molecule has 27 heavy (non-hydrogen) atoms. The van der Waals surface area contributed by atoms with Crippen molar-refractivity contribution in [3.8, 4) is 0 Å². The lowest BCUT2D eigenvalue weighted by molar-refractivity contribution is 0.0720. The van der Waals surface area contributed by atoms with Crippen LogP contribution in [-0.4, -0.2) is 41.7 Å². The van der Waals surface area contributed by atoms with E-state index in [4.69, 9.17) is 4.74 Å². The topological polar surface area (TPSA) is 54.5 Å². The molecule has 1 N–H and O–H groups in total. The Bertz CT molecular complexity index is 797. The third-order valence-electron chi connectivity index (χ3n) is 5.99. The standard InChI is InChI=1S/C22H29N3O2/c1-16-9-10-21-19(8-3-11-23-21)20(16)13-24-22(26)25(14-17-5-2-6-17)15-18-7-4-12-27-18/h3,8-11,17-18H,2,4-7,12-15H2,1H3,(H,24,26). The van der Waals surface area contributed by atoms with Gasteiger partial charge in [0.2, 0.25) is 0 Å². The van der Waals surface area contributed by atoms with Crippen LogP contribution in [0, 0.1) is 12.8 Å². The molecule has 0 bridgehead atoms. The fourth-order valence-electron chi connectivity index (χ4n) is 4.09. The summed E-state index contributed by atoms with van der Waals surface area (Å²) in [6.07, 6.45) is 7.94. The molecule has 2 amide bonds. The van der Waals surface area contributed by atoms with Gasteiger partial charge in [0.15, 0.2) is 0 Å². The fourth-order valence-corrected chi connectivity index (χ4v) is 4.09. The highest BCUT2D eigenvalue weighted by molar-refractivity contribution is 5.84. The quantitative estimate of drug-likeness (QED) is 0.838.